The van der Waals surface area contributed by atoms with Gasteiger partial charge in [0.15, 0.2) is 0 Å². The molecule has 1 aromatic carbocycles. The van der Waals surface area contributed by atoms with Crippen molar-refractivity contribution < 1.29 is 29.4 Å². The van der Waals surface area contributed by atoms with Crippen LogP contribution in [0, 0.1) is 0 Å². The first-order valence-corrected chi connectivity index (χ1v) is 6.14. The van der Waals surface area contributed by atoms with Crippen molar-refractivity contribution >= 4 is 17.7 Å². The minimum atomic E-state index is -1.02. The fourth-order valence-electron chi connectivity index (χ4n) is 1.34. The minimum absolute atomic E-state index is 0.137. The first-order chi connectivity index (χ1) is 9.95. The van der Waals surface area contributed by atoms with E-state index in [1.807, 2.05) is 0 Å². The number of benzene rings is 1. The van der Waals surface area contributed by atoms with Gasteiger partial charge in [0.25, 0.3) is 0 Å². The maximum absolute atomic E-state index is 11.6. The monoisotopic (exact) mass is 295 g/mol. The van der Waals surface area contributed by atoms with E-state index >= 15 is 0 Å². The van der Waals surface area contributed by atoms with Gasteiger partial charge in [0.1, 0.15) is 13.2 Å². The van der Waals surface area contributed by atoms with Gasteiger partial charge in [-0.25, -0.2) is 9.59 Å². The highest BCUT2D eigenvalue weighted by atomic mass is 16.6. The predicted molar refractivity (Wildman–Crippen MR) is 73.8 cm³/mol. The maximum Gasteiger partial charge on any atom is 0.438 e. The molecule has 1 rings (SSSR count). The van der Waals surface area contributed by atoms with E-state index in [9.17, 15) is 14.8 Å². The van der Waals surface area contributed by atoms with E-state index in [1.165, 1.54) is 19.1 Å². The second kappa shape index (κ2) is 8.03. The van der Waals surface area contributed by atoms with E-state index in [2.05, 4.69) is 6.58 Å². The fraction of sp³-hybridized carbons (Fsp3) is 0.286. The van der Waals surface area contributed by atoms with E-state index in [1.54, 1.807) is 12.1 Å². The average molecular weight is 295 g/mol. The molecular weight excluding hydrogens is 278 g/mol. The SMILES string of the molecule is C=C(C)C(=O)OCCOC(=O)N(O)c1cccc(CO)c1. The van der Waals surface area contributed by atoms with Gasteiger partial charge in [-0.2, -0.15) is 5.06 Å². The molecule has 0 fully saturated rings. The Hall–Kier alpha value is -2.38. The lowest BCUT2D eigenvalue weighted by atomic mass is 10.2. The molecule has 7 nitrogen and oxygen atoms in total. The molecule has 0 aliphatic heterocycles. The van der Waals surface area contributed by atoms with Crippen LogP contribution < -0.4 is 5.06 Å². The van der Waals surface area contributed by atoms with Crippen LogP contribution >= 0.6 is 0 Å². The Morgan fingerprint density at radius 3 is 2.57 bits per heavy atom. The van der Waals surface area contributed by atoms with Gasteiger partial charge in [-0.15, -0.1) is 0 Å². The summed E-state index contributed by atoms with van der Waals surface area (Å²) in [4.78, 5) is 22.6. The first kappa shape index (κ1) is 16.7. The summed E-state index contributed by atoms with van der Waals surface area (Å²) in [6.07, 6.45) is -1.02. The van der Waals surface area contributed by atoms with Crippen molar-refractivity contribution in [2.75, 3.05) is 18.3 Å². The third kappa shape index (κ3) is 5.25. The Bertz CT molecular complexity index is 528. The maximum atomic E-state index is 11.6. The van der Waals surface area contributed by atoms with Gasteiger partial charge in [0, 0.05) is 5.57 Å². The fourth-order valence-corrected chi connectivity index (χ4v) is 1.34. The molecule has 2 N–H and O–H groups in total. The lowest BCUT2D eigenvalue weighted by molar-refractivity contribution is -0.139. The van der Waals surface area contributed by atoms with Crippen molar-refractivity contribution in [3.63, 3.8) is 0 Å². The molecule has 0 radical (unpaired) electrons. The number of carbonyl (C=O) groups is 2. The highest BCUT2D eigenvalue weighted by molar-refractivity contribution is 5.87. The molecular formula is C14H17NO6. The predicted octanol–water partition coefficient (Wildman–Crippen LogP) is 1.63. The van der Waals surface area contributed by atoms with Gasteiger partial charge in [0.05, 0.1) is 12.3 Å². The standard InChI is InChI=1S/C14H17NO6/c1-10(2)13(17)20-6-7-21-14(18)15(19)12-5-3-4-11(8-12)9-16/h3-5,8,16,19H,1,6-7,9H2,2H3. The summed E-state index contributed by atoms with van der Waals surface area (Å²) in [6.45, 7) is 4.35. The summed E-state index contributed by atoms with van der Waals surface area (Å²) in [5.41, 5.74) is 0.936. The van der Waals surface area contributed by atoms with Crippen LogP contribution in [-0.2, 0) is 20.9 Å². The Morgan fingerprint density at radius 1 is 1.29 bits per heavy atom. The number of esters is 1. The van der Waals surface area contributed by atoms with E-state index < -0.39 is 12.1 Å². The number of anilines is 1. The number of carbonyl (C=O) groups excluding carboxylic acids is 2. The van der Waals surface area contributed by atoms with Crippen molar-refractivity contribution in [3.05, 3.63) is 42.0 Å². The van der Waals surface area contributed by atoms with Crippen LogP contribution in [0.1, 0.15) is 12.5 Å². The second-order valence-corrected chi connectivity index (χ2v) is 4.17. The van der Waals surface area contributed by atoms with Gasteiger partial charge in [-0.3, -0.25) is 5.21 Å². The number of aliphatic hydroxyl groups excluding tert-OH is 1. The van der Waals surface area contributed by atoms with E-state index in [4.69, 9.17) is 14.6 Å². The largest absolute Gasteiger partial charge is 0.459 e. The summed E-state index contributed by atoms with van der Waals surface area (Å²) in [7, 11) is 0. The highest BCUT2D eigenvalue weighted by Crippen LogP contribution is 2.15. The van der Waals surface area contributed by atoms with Gasteiger partial charge in [-0.05, 0) is 24.6 Å². The molecule has 0 saturated heterocycles. The molecule has 0 aromatic heterocycles. The Kier molecular flexibility index (Phi) is 6.38. The molecule has 1 aromatic rings. The number of hydrogen-bond acceptors (Lipinski definition) is 6. The van der Waals surface area contributed by atoms with Crippen LogP contribution in [0.3, 0.4) is 0 Å². The molecule has 7 heteroatoms. The number of nitrogens with zero attached hydrogens (tertiary/aromatic N) is 1. The molecule has 0 heterocycles. The molecule has 0 atom stereocenters. The van der Waals surface area contributed by atoms with Crippen molar-refractivity contribution in [2.45, 2.75) is 13.5 Å². The van der Waals surface area contributed by atoms with E-state index in [0.717, 1.165) is 0 Å². The quantitative estimate of drug-likeness (QED) is 0.272. The lowest BCUT2D eigenvalue weighted by Gasteiger charge is -2.15. The lowest BCUT2D eigenvalue weighted by Crippen LogP contribution is -2.29. The topological polar surface area (TPSA) is 96.3 Å². The molecule has 0 spiro atoms. The average Bonchev–Trinajstić information content (AvgIpc) is 2.50. The van der Waals surface area contributed by atoms with Crippen LogP contribution in [0.2, 0.25) is 0 Å². The van der Waals surface area contributed by atoms with Crippen molar-refractivity contribution in [1.29, 1.82) is 0 Å². The van der Waals surface area contributed by atoms with Crippen LogP contribution in [0.5, 0.6) is 0 Å². The summed E-state index contributed by atoms with van der Waals surface area (Å²) >= 11 is 0. The molecule has 114 valence electrons. The zero-order valence-electron chi connectivity index (χ0n) is 11.6. The zero-order valence-corrected chi connectivity index (χ0v) is 11.6. The Morgan fingerprint density at radius 2 is 1.95 bits per heavy atom. The molecule has 0 unspecified atom stereocenters. The summed E-state index contributed by atoms with van der Waals surface area (Å²) in [5, 5.41) is 18.9. The molecule has 0 aliphatic carbocycles. The van der Waals surface area contributed by atoms with Crippen molar-refractivity contribution in [3.8, 4) is 0 Å². The number of hydrogen-bond donors (Lipinski definition) is 2. The van der Waals surface area contributed by atoms with E-state index in [0.29, 0.717) is 10.6 Å². The number of ether oxygens (including phenoxy) is 2. The molecule has 0 saturated carbocycles. The van der Waals surface area contributed by atoms with Crippen LogP contribution in [0.4, 0.5) is 10.5 Å². The second-order valence-electron chi connectivity index (χ2n) is 4.17. The highest BCUT2D eigenvalue weighted by Gasteiger charge is 2.15. The van der Waals surface area contributed by atoms with Gasteiger partial charge >= 0.3 is 12.1 Å². The normalized spacial score (nSPS) is 9.86. The molecule has 0 aliphatic rings. The zero-order chi connectivity index (χ0) is 15.8. The Labute approximate surface area is 122 Å². The number of rotatable bonds is 6. The van der Waals surface area contributed by atoms with Gasteiger partial charge < -0.3 is 14.6 Å². The Balaban J connectivity index is 2.44. The van der Waals surface area contributed by atoms with Crippen molar-refractivity contribution in [1.82, 2.24) is 0 Å². The van der Waals surface area contributed by atoms with Gasteiger partial charge in [0.2, 0.25) is 0 Å². The number of amides is 1. The number of aliphatic hydroxyl groups is 1. The molecule has 0 bridgehead atoms. The third-order valence-corrected chi connectivity index (χ3v) is 2.40. The molecule has 1 amide bonds. The summed E-state index contributed by atoms with van der Waals surface area (Å²) in [5.74, 6) is -0.581. The number of hydroxylamine groups is 1. The summed E-state index contributed by atoms with van der Waals surface area (Å²) in [6, 6.07) is 6.12. The van der Waals surface area contributed by atoms with Crippen molar-refractivity contribution in [2.24, 2.45) is 0 Å². The van der Waals surface area contributed by atoms with Gasteiger partial charge in [-0.1, -0.05) is 18.7 Å². The summed E-state index contributed by atoms with van der Waals surface area (Å²) < 4.78 is 9.46. The van der Waals surface area contributed by atoms with Crippen LogP contribution in [-0.4, -0.2) is 35.6 Å². The minimum Gasteiger partial charge on any atom is -0.459 e. The van der Waals surface area contributed by atoms with Crippen LogP contribution in [0.15, 0.2) is 36.4 Å². The van der Waals surface area contributed by atoms with Crippen LogP contribution in [0.25, 0.3) is 0 Å². The smallest absolute Gasteiger partial charge is 0.438 e. The molecule has 21 heavy (non-hydrogen) atoms. The van der Waals surface area contributed by atoms with E-state index in [-0.39, 0.29) is 31.1 Å². The first-order valence-electron chi connectivity index (χ1n) is 6.14. The third-order valence-electron chi connectivity index (χ3n) is 2.40.